The average Bonchev–Trinajstić information content (AvgIpc) is 2.75. The van der Waals surface area contributed by atoms with Gasteiger partial charge in [0.2, 0.25) is 0 Å². The van der Waals surface area contributed by atoms with Crippen LogP contribution >= 0.6 is 11.3 Å². The Kier molecular flexibility index (Phi) is 4.63. The third-order valence-electron chi connectivity index (χ3n) is 2.51. The number of aromatic nitrogens is 1. The lowest BCUT2D eigenvalue weighted by Crippen LogP contribution is -2.00. The highest BCUT2D eigenvalue weighted by molar-refractivity contribution is 7.83. The molecule has 0 radical (unpaired) electrons. The summed E-state index contributed by atoms with van der Waals surface area (Å²) in [5, 5.41) is 11.9. The van der Waals surface area contributed by atoms with E-state index in [-0.39, 0.29) is 6.61 Å². The Morgan fingerprint density at radius 2 is 1.89 bits per heavy atom. The molecule has 0 fully saturated rings. The van der Waals surface area contributed by atoms with E-state index >= 15 is 0 Å². The van der Waals surface area contributed by atoms with Crippen molar-refractivity contribution in [3.8, 4) is 0 Å². The number of rotatable bonds is 5. The van der Waals surface area contributed by atoms with Crippen molar-refractivity contribution in [2.24, 2.45) is 0 Å². The molecule has 0 saturated carbocycles. The molecule has 0 amide bonds. The van der Waals surface area contributed by atoms with Gasteiger partial charge in [0.05, 0.1) is 23.1 Å². The maximum Gasteiger partial charge on any atom is 0.0897 e. The van der Waals surface area contributed by atoms with Gasteiger partial charge in [0, 0.05) is 21.9 Å². The third-order valence-corrected chi connectivity index (χ3v) is 4.60. The second-order valence-corrected chi connectivity index (χ2v) is 6.58. The van der Waals surface area contributed by atoms with Crippen molar-refractivity contribution in [2.45, 2.75) is 25.0 Å². The molecule has 2 aromatic rings. The van der Waals surface area contributed by atoms with Crippen LogP contribution < -0.4 is 0 Å². The molecular weight excluding hydrogens is 266 g/mol. The zero-order valence-electron chi connectivity index (χ0n) is 10.1. The standard InChI is InChI=1S/C13H15NO2S2/c1-10-14-13(7-17-10)9-18(16)8-12-4-2-11(6-15)3-5-12/h2-5,7,15H,6,8-9H2,1H3. The van der Waals surface area contributed by atoms with E-state index in [1.807, 2.05) is 36.6 Å². The first-order valence-corrected chi connectivity index (χ1v) is 7.99. The van der Waals surface area contributed by atoms with E-state index in [1.54, 1.807) is 11.3 Å². The minimum Gasteiger partial charge on any atom is -0.392 e. The summed E-state index contributed by atoms with van der Waals surface area (Å²) in [5.41, 5.74) is 2.81. The Bertz CT molecular complexity index is 534. The van der Waals surface area contributed by atoms with Gasteiger partial charge in [-0.1, -0.05) is 24.3 Å². The van der Waals surface area contributed by atoms with Crippen molar-refractivity contribution in [1.82, 2.24) is 4.98 Å². The Labute approximate surface area is 113 Å². The normalized spacial score (nSPS) is 12.6. The first kappa shape index (κ1) is 13.4. The van der Waals surface area contributed by atoms with Gasteiger partial charge < -0.3 is 5.11 Å². The van der Waals surface area contributed by atoms with Gasteiger partial charge in [-0.2, -0.15) is 0 Å². The predicted octanol–water partition coefficient (Wildman–Crippen LogP) is 2.39. The van der Waals surface area contributed by atoms with Crippen LogP contribution in [0.25, 0.3) is 0 Å². The largest absolute Gasteiger partial charge is 0.392 e. The summed E-state index contributed by atoms with van der Waals surface area (Å²) in [7, 11) is -0.936. The molecule has 1 N–H and O–H groups in total. The Balaban J connectivity index is 1.94. The van der Waals surface area contributed by atoms with Gasteiger partial charge in [-0.15, -0.1) is 11.3 Å². The molecule has 3 nitrogen and oxygen atoms in total. The van der Waals surface area contributed by atoms with Crippen LogP contribution in [0.5, 0.6) is 0 Å². The highest BCUT2D eigenvalue weighted by Gasteiger charge is 2.06. The molecule has 96 valence electrons. The maximum atomic E-state index is 12.0. The van der Waals surface area contributed by atoms with E-state index in [0.717, 1.165) is 21.8 Å². The molecule has 0 aliphatic carbocycles. The Hall–Kier alpha value is -1.04. The number of hydrogen-bond donors (Lipinski definition) is 1. The second kappa shape index (κ2) is 6.22. The number of benzene rings is 1. The molecule has 1 aromatic heterocycles. The van der Waals surface area contributed by atoms with Crippen molar-refractivity contribution in [3.63, 3.8) is 0 Å². The van der Waals surface area contributed by atoms with Crippen molar-refractivity contribution in [2.75, 3.05) is 0 Å². The zero-order valence-corrected chi connectivity index (χ0v) is 11.8. The number of nitrogens with zero attached hydrogens (tertiary/aromatic N) is 1. The minimum atomic E-state index is -0.936. The van der Waals surface area contributed by atoms with E-state index in [0.29, 0.717) is 11.5 Å². The van der Waals surface area contributed by atoms with E-state index < -0.39 is 10.8 Å². The fourth-order valence-corrected chi connectivity index (χ4v) is 3.48. The fourth-order valence-electron chi connectivity index (χ4n) is 1.62. The third kappa shape index (κ3) is 3.73. The molecule has 0 bridgehead atoms. The lowest BCUT2D eigenvalue weighted by molar-refractivity contribution is 0.282. The lowest BCUT2D eigenvalue weighted by atomic mass is 10.2. The number of hydrogen-bond acceptors (Lipinski definition) is 4. The van der Waals surface area contributed by atoms with Gasteiger partial charge in [-0.25, -0.2) is 4.98 Å². The Morgan fingerprint density at radius 3 is 2.44 bits per heavy atom. The van der Waals surface area contributed by atoms with Crippen LogP contribution in [0.15, 0.2) is 29.6 Å². The molecule has 0 aliphatic heterocycles. The maximum absolute atomic E-state index is 12.0. The van der Waals surface area contributed by atoms with Crippen molar-refractivity contribution >= 4 is 22.1 Å². The predicted molar refractivity (Wildman–Crippen MR) is 74.8 cm³/mol. The van der Waals surface area contributed by atoms with Crippen molar-refractivity contribution in [3.05, 3.63) is 51.5 Å². The molecule has 0 saturated heterocycles. The molecule has 2 rings (SSSR count). The van der Waals surface area contributed by atoms with Crippen LogP contribution in [0.4, 0.5) is 0 Å². The van der Waals surface area contributed by atoms with Crippen LogP contribution in [-0.2, 0) is 28.9 Å². The van der Waals surface area contributed by atoms with Crippen LogP contribution in [0.1, 0.15) is 21.8 Å². The Morgan fingerprint density at radius 1 is 1.22 bits per heavy atom. The highest BCUT2D eigenvalue weighted by Crippen LogP contribution is 2.13. The number of thiazole rings is 1. The van der Waals surface area contributed by atoms with Crippen LogP contribution in [-0.4, -0.2) is 14.3 Å². The van der Waals surface area contributed by atoms with E-state index in [4.69, 9.17) is 5.11 Å². The second-order valence-electron chi connectivity index (χ2n) is 4.06. The molecule has 1 aromatic carbocycles. The number of aliphatic hydroxyl groups is 1. The SMILES string of the molecule is Cc1nc(CS(=O)Cc2ccc(CO)cc2)cs1. The molecule has 0 aliphatic rings. The molecule has 18 heavy (non-hydrogen) atoms. The first-order valence-electron chi connectivity index (χ1n) is 5.62. The van der Waals surface area contributed by atoms with Gasteiger partial charge in [0.15, 0.2) is 0 Å². The summed E-state index contributed by atoms with van der Waals surface area (Å²) in [6.45, 7) is 1.99. The minimum absolute atomic E-state index is 0.0431. The fraction of sp³-hybridized carbons (Fsp3) is 0.308. The number of aryl methyl sites for hydroxylation is 1. The molecular formula is C13H15NO2S2. The lowest BCUT2D eigenvalue weighted by Gasteiger charge is -2.02. The molecule has 0 spiro atoms. The first-order chi connectivity index (χ1) is 8.67. The summed E-state index contributed by atoms with van der Waals surface area (Å²) in [6.07, 6.45) is 0. The van der Waals surface area contributed by atoms with Crippen LogP contribution in [0, 0.1) is 6.92 Å². The van der Waals surface area contributed by atoms with Gasteiger partial charge in [-0.05, 0) is 18.1 Å². The van der Waals surface area contributed by atoms with Gasteiger partial charge in [0.25, 0.3) is 0 Å². The summed E-state index contributed by atoms with van der Waals surface area (Å²) < 4.78 is 12.0. The molecule has 5 heteroatoms. The molecule has 1 atom stereocenters. The van der Waals surface area contributed by atoms with Crippen LogP contribution in [0.2, 0.25) is 0 Å². The smallest absolute Gasteiger partial charge is 0.0897 e. The summed E-state index contributed by atoms with van der Waals surface area (Å²) in [6, 6.07) is 7.55. The summed E-state index contributed by atoms with van der Waals surface area (Å²) in [5.74, 6) is 1.04. The topological polar surface area (TPSA) is 50.2 Å². The zero-order chi connectivity index (χ0) is 13.0. The van der Waals surface area contributed by atoms with Gasteiger partial charge in [-0.3, -0.25) is 4.21 Å². The highest BCUT2D eigenvalue weighted by atomic mass is 32.2. The monoisotopic (exact) mass is 281 g/mol. The quantitative estimate of drug-likeness (QED) is 0.915. The van der Waals surface area contributed by atoms with Crippen LogP contribution in [0.3, 0.4) is 0 Å². The van der Waals surface area contributed by atoms with Gasteiger partial charge in [0.1, 0.15) is 0 Å². The van der Waals surface area contributed by atoms with E-state index in [2.05, 4.69) is 4.98 Å². The molecule has 1 unspecified atom stereocenters. The van der Waals surface area contributed by atoms with Crippen molar-refractivity contribution < 1.29 is 9.32 Å². The van der Waals surface area contributed by atoms with Gasteiger partial charge >= 0.3 is 0 Å². The van der Waals surface area contributed by atoms with E-state index in [1.165, 1.54) is 0 Å². The van der Waals surface area contributed by atoms with Crippen molar-refractivity contribution in [1.29, 1.82) is 0 Å². The summed E-state index contributed by atoms with van der Waals surface area (Å²) in [4.78, 5) is 4.31. The van der Waals surface area contributed by atoms with E-state index in [9.17, 15) is 4.21 Å². The summed E-state index contributed by atoms with van der Waals surface area (Å²) >= 11 is 1.58. The average molecular weight is 281 g/mol. The number of aliphatic hydroxyl groups excluding tert-OH is 1. The molecule has 1 heterocycles.